The lowest BCUT2D eigenvalue weighted by molar-refractivity contribution is 0.0226. The zero-order chi connectivity index (χ0) is 13.4. The van der Waals surface area contributed by atoms with Gasteiger partial charge in [-0.05, 0) is 18.6 Å². The van der Waals surface area contributed by atoms with Gasteiger partial charge in [-0.3, -0.25) is 0 Å². The van der Waals surface area contributed by atoms with Gasteiger partial charge in [-0.1, -0.05) is 0 Å². The molecule has 2 rings (SSSR count). The Balaban J connectivity index is 2.25. The highest BCUT2D eigenvalue weighted by atomic mass is 16.3. The van der Waals surface area contributed by atoms with Crippen molar-refractivity contribution in [2.75, 3.05) is 6.61 Å². The van der Waals surface area contributed by atoms with Crippen LogP contribution < -0.4 is 10.6 Å². The number of hydrogen-bond donors (Lipinski definition) is 7. The summed E-state index contributed by atoms with van der Waals surface area (Å²) in [4.78, 5) is 0. The number of aliphatic hydroxyl groups is 5. The quantitative estimate of drug-likeness (QED) is 0.296. The van der Waals surface area contributed by atoms with E-state index in [4.69, 9.17) is 5.11 Å². The van der Waals surface area contributed by atoms with Crippen molar-refractivity contribution in [3.8, 4) is 0 Å². The molecule has 2 heterocycles. The highest BCUT2D eigenvalue weighted by molar-refractivity contribution is 5.37. The van der Waals surface area contributed by atoms with Gasteiger partial charge in [0.1, 0.15) is 12.3 Å². The Kier molecular flexibility index (Phi) is 3.60. The Hall–Kier alpha value is -1.12. The van der Waals surface area contributed by atoms with Crippen LogP contribution in [0.15, 0.2) is 23.1 Å². The molecule has 0 saturated carbocycles. The molecule has 0 bridgehead atoms. The maximum absolute atomic E-state index is 9.89. The monoisotopic (exact) mass is 258 g/mol. The molecule has 1 unspecified atom stereocenters. The second-order valence-electron chi connectivity index (χ2n) is 4.65. The smallest absolute Gasteiger partial charge is 0.191 e. The summed E-state index contributed by atoms with van der Waals surface area (Å²) in [5, 5.41) is 53.2. The number of nitrogens with one attached hydrogen (secondary N) is 2. The summed E-state index contributed by atoms with van der Waals surface area (Å²) < 4.78 is 0. The van der Waals surface area contributed by atoms with Crippen LogP contribution in [-0.2, 0) is 0 Å². The van der Waals surface area contributed by atoms with E-state index in [1.807, 2.05) is 0 Å². The van der Waals surface area contributed by atoms with Crippen molar-refractivity contribution in [3.05, 3.63) is 23.1 Å². The van der Waals surface area contributed by atoms with Crippen molar-refractivity contribution < 1.29 is 25.5 Å². The Bertz CT molecular complexity index is 395. The minimum atomic E-state index is -1.14. The van der Waals surface area contributed by atoms with Crippen LogP contribution in [0.3, 0.4) is 0 Å². The van der Waals surface area contributed by atoms with Crippen molar-refractivity contribution in [3.63, 3.8) is 0 Å². The van der Waals surface area contributed by atoms with Crippen molar-refractivity contribution in [1.82, 2.24) is 10.6 Å². The van der Waals surface area contributed by atoms with Crippen LogP contribution in [0.1, 0.15) is 6.92 Å². The normalized spacial score (nSPS) is 40.7. The molecule has 1 saturated heterocycles. The van der Waals surface area contributed by atoms with Crippen LogP contribution in [-0.4, -0.2) is 62.7 Å². The van der Waals surface area contributed by atoms with Crippen LogP contribution >= 0.6 is 0 Å². The van der Waals surface area contributed by atoms with E-state index in [1.54, 1.807) is 13.0 Å². The summed E-state index contributed by atoms with van der Waals surface area (Å²) in [6.45, 7) is 1.35. The van der Waals surface area contributed by atoms with Gasteiger partial charge >= 0.3 is 0 Å². The summed E-state index contributed by atoms with van der Waals surface area (Å²) in [6.07, 6.45) is -1.67. The van der Waals surface area contributed by atoms with Crippen LogP contribution in [0.5, 0.6) is 0 Å². The maximum atomic E-state index is 9.89. The van der Waals surface area contributed by atoms with E-state index in [1.165, 1.54) is 0 Å². The molecule has 0 radical (unpaired) electrons. The summed E-state index contributed by atoms with van der Waals surface area (Å²) in [5.74, 6) is -0.254. The van der Waals surface area contributed by atoms with E-state index >= 15 is 0 Å². The van der Waals surface area contributed by atoms with Gasteiger partial charge < -0.3 is 36.2 Å². The fraction of sp³-hybridized carbons (Fsp3) is 0.636. The van der Waals surface area contributed by atoms with Crippen LogP contribution in [0.25, 0.3) is 0 Å². The maximum Gasteiger partial charge on any atom is 0.191 e. The minimum Gasteiger partial charge on any atom is -0.495 e. The minimum absolute atomic E-state index is 0.254. The second kappa shape index (κ2) is 4.87. The molecule has 7 heteroatoms. The topological polar surface area (TPSA) is 125 Å². The van der Waals surface area contributed by atoms with Gasteiger partial charge in [0.25, 0.3) is 0 Å². The molecule has 18 heavy (non-hydrogen) atoms. The molecular formula is C11H18N2O5. The lowest BCUT2D eigenvalue weighted by atomic mass is 9.97. The first kappa shape index (κ1) is 13.3. The van der Waals surface area contributed by atoms with E-state index in [9.17, 15) is 20.4 Å². The van der Waals surface area contributed by atoms with Gasteiger partial charge in [0, 0.05) is 5.57 Å². The van der Waals surface area contributed by atoms with Gasteiger partial charge in [0.05, 0.1) is 24.8 Å². The molecule has 0 aromatic carbocycles. The number of dihydropyridines is 1. The third kappa shape index (κ3) is 2.11. The Morgan fingerprint density at radius 1 is 1.22 bits per heavy atom. The summed E-state index contributed by atoms with van der Waals surface area (Å²) in [6, 6.07) is -1.35. The van der Waals surface area contributed by atoms with Crippen molar-refractivity contribution in [2.45, 2.75) is 37.4 Å². The zero-order valence-corrected chi connectivity index (χ0v) is 9.91. The van der Waals surface area contributed by atoms with Crippen LogP contribution in [0.2, 0.25) is 0 Å². The average molecular weight is 258 g/mol. The SMILES string of the molecule is CC1=CC([C@@H]2N[C@H](CO)[C@@H](O)[C@H]2O)=C(O)NC1O. The van der Waals surface area contributed by atoms with E-state index in [2.05, 4.69) is 10.6 Å². The molecule has 0 aromatic heterocycles. The zero-order valence-electron chi connectivity index (χ0n) is 9.91. The number of rotatable bonds is 2. The molecule has 0 spiro atoms. The first-order valence-electron chi connectivity index (χ1n) is 5.74. The molecule has 7 nitrogen and oxygen atoms in total. The predicted octanol–water partition coefficient (Wildman–Crippen LogP) is -2.32. The largest absolute Gasteiger partial charge is 0.495 e. The lowest BCUT2D eigenvalue weighted by Gasteiger charge is -2.26. The number of hydrogen-bond acceptors (Lipinski definition) is 7. The molecule has 2 aliphatic rings. The van der Waals surface area contributed by atoms with Gasteiger partial charge in [0.2, 0.25) is 0 Å². The highest BCUT2D eigenvalue weighted by Gasteiger charge is 2.43. The van der Waals surface area contributed by atoms with Gasteiger partial charge in [-0.2, -0.15) is 0 Å². The van der Waals surface area contributed by atoms with E-state index < -0.39 is 30.5 Å². The third-order valence-corrected chi connectivity index (χ3v) is 3.39. The molecule has 0 aromatic rings. The Labute approximate surface area is 104 Å². The molecular weight excluding hydrogens is 240 g/mol. The molecule has 2 aliphatic heterocycles. The van der Waals surface area contributed by atoms with E-state index in [-0.39, 0.29) is 12.5 Å². The van der Waals surface area contributed by atoms with Gasteiger partial charge in [-0.15, -0.1) is 0 Å². The van der Waals surface area contributed by atoms with E-state index in [0.717, 1.165) is 0 Å². The standard InChI is InChI=1S/C11H18N2O5/c1-4-2-5(11(18)13-10(4)17)7-9(16)8(15)6(3-14)12-7/h2,6-10,12-18H,3H2,1H3/t6-,7+,8-,9+,10?/m1/s1. The first-order chi connectivity index (χ1) is 8.45. The summed E-state index contributed by atoms with van der Waals surface area (Å²) in [7, 11) is 0. The average Bonchev–Trinajstić information content (AvgIpc) is 2.61. The van der Waals surface area contributed by atoms with Crippen LogP contribution in [0.4, 0.5) is 0 Å². The van der Waals surface area contributed by atoms with E-state index in [0.29, 0.717) is 11.1 Å². The second-order valence-corrected chi connectivity index (χ2v) is 4.65. The molecule has 7 N–H and O–H groups in total. The molecule has 0 aliphatic carbocycles. The Morgan fingerprint density at radius 3 is 2.44 bits per heavy atom. The lowest BCUT2D eigenvalue weighted by Crippen LogP contribution is -2.41. The predicted molar refractivity (Wildman–Crippen MR) is 62.4 cm³/mol. The third-order valence-electron chi connectivity index (χ3n) is 3.39. The van der Waals surface area contributed by atoms with Crippen LogP contribution in [0, 0.1) is 0 Å². The fourth-order valence-corrected chi connectivity index (χ4v) is 2.25. The van der Waals surface area contributed by atoms with Gasteiger partial charge in [-0.25, -0.2) is 0 Å². The molecule has 1 fully saturated rings. The molecule has 5 atom stereocenters. The Morgan fingerprint density at radius 2 is 1.89 bits per heavy atom. The summed E-state index contributed by atoms with van der Waals surface area (Å²) in [5.41, 5.74) is 0.930. The number of aliphatic hydroxyl groups excluding tert-OH is 5. The molecule has 0 amide bonds. The fourth-order valence-electron chi connectivity index (χ4n) is 2.25. The first-order valence-corrected chi connectivity index (χ1v) is 5.74. The van der Waals surface area contributed by atoms with Crippen molar-refractivity contribution in [1.29, 1.82) is 0 Å². The summed E-state index contributed by atoms with van der Waals surface area (Å²) >= 11 is 0. The molecule has 102 valence electrons. The van der Waals surface area contributed by atoms with Gasteiger partial charge in [0.15, 0.2) is 5.88 Å². The van der Waals surface area contributed by atoms with Crippen molar-refractivity contribution >= 4 is 0 Å². The van der Waals surface area contributed by atoms with Crippen molar-refractivity contribution in [2.24, 2.45) is 0 Å². The highest BCUT2D eigenvalue weighted by Crippen LogP contribution is 2.25.